The zero-order valence-electron chi connectivity index (χ0n) is 14.5. The molecule has 0 aliphatic heterocycles. The molecular formula is C19H25ClO4. The molecular weight excluding hydrogens is 328 g/mol. The Bertz CT molecular complexity index is 567. The normalized spacial score (nSPS) is 23.8. The standard InChI is InChI=1S/C19H25ClO4/c1-12(2)15-5-4-13(3)17(10-15)24-18(21)11-23-19(22)14-6-8-16(20)9-7-14/h6-9,12-13,15,17H,4-5,10-11H2,1-3H3/t13-,15-,17-/m1/s1. The molecule has 0 amide bonds. The van der Waals surface area contributed by atoms with Gasteiger partial charge in [-0.05, 0) is 61.3 Å². The number of carbonyl (C=O) groups excluding carboxylic acids is 2. The molecule has 0 saturated heterocycles. The van der Waals surface area contributed by atoms with Crippen LogP contribution in [-0.4, -0.2) is 24.6 Å². The third-order valence-electron chi connectivity index (χ3n) is 4.79. The fourth-order valence-corrected chi connectivity index (χ4v) is 3.20. The van der Waals surface area contributed by atoms with Crippen molar-refractivity contribution in [3.8, 4) is 0 Å². The molecule has 0 spiro atoms. The van der Waals surface area contributed by atoms with Crippen LogP contribution in [0.4, 0.5) is 0 Å². The van der Waals surface area contributed by atoms with Crippen LogP contribution in [0.5, 0.6) is 0 Å². The molecule has 0 unspecified atom stereocenters. The third-order valence-corrected chi connectivity index (χ3v) is 5.04. The first-order chi connectivity index (χ1) is 11.4. The lowest BCUT2D eigenvalue weighted by Crippen LogP contribution is -2.35. The maximum absolute atomic E-state index is 12.0. The molecule has 24 heavy (non-hydrogen) atoms. The Hall–Kier alpha value is -1.55. The topological polar surface area (TPSA) is 52.6 Å². The van der Waals surface area contributed by atoms with E-state index in [2.05, 4.69) is 20.8 Å². The predicted octanol–water partition coefficient (Wildman–Crippen LogP) is 4.50. The van der Waals surface area contributed by atoms with Crippen LogP contribution in [0.3, 0.4) is 0 Å². The Morgan fingerprint density at radius 3 is 2.50 bits per heavy atom. The average molecular weight is 353 g/mol. The number of ether oxygens (including phenoxy) is 2. The second kappa shape index (κ2) is 8.52. The molecule has 0 heterocycles. The van der Waals surface area contributed by atoms with Crippen LogP contribution < -0.4 is 0 Å². The lowest BCUT2D eigenvalue weighted by Gasteiger charge is -2.35. The summed E-state index contributed by atoms with van der Waals surface area (Å²) in [5.41, 5.74) is 0.359. The van der Waals surface area contributed by atoms with Gasteiger partial charge < -0.3 is 9.47 Å². The lowest BCUT2D eigenvalue weighted by atomic mass is 9.76. The van der Waals surface area contributed by atoms with Crippen LogP contribution in [0.15, 0.2) is 24.3 Å². The maximum Gasteiger partial charge on any atom is 0.344 e. The summed E-state index contributed by atoms with van der Waals surface area (Å²) in [6.45, 7) is 6.14. The van der Waals surface area contributed by atoms with Gasteiger partial charge in [-0.1, -0.05) is 32.4 Å². The summed E-state index contributed by atoms with van der Waals surface area (Å²) in [6, 6.07) is 6.33. The molecule has 4 nitrogen and oxygen atoms in total. The molecule has 2 rings (SSSR count). The SMILES string of the molecule is CC(C)[C@@H]1CC[C@@H](C)[C@H](OC(=O)COC(=O)c2ccc(Cl)cc2)C1. The zero-order valence-corrected chi connectivity index (χ0v) is 15.2. The number of esters is 2. The Morgan fingerprint density at radius 1 is 1.21 bits per heavy atom. The van der Waals surface area contributed by atoms with Gasteiger partial charge >= 0.3 is 11.9 Å². The van der Waals surface area contributed by atoms with Gasteiger partial charge in [0.15, 0.2) is 6.61 Å². The smallest absolute Gasteiger partial charge is 0.344 e. The molecule has 1 aliphatic rings. The summed E-state index contributed by atoms with van der Waals surface area (Å²) < 4.78 is 10.6. The molecule has 132 valence electrons. The zero-order chi connectivity index (χ0) is 17.7. The predicted molar refractivity (Wildman–Crippen MR) is 93.0 cm³/mol. The van der Waals surface area contributed by atoms with E-state index in [0.29, 0.717) is 28.3 Å². The number of benzene rings is 1. The summed E-state index contributed by atoms with van der Waals surface area (Å²) in [6.07, 6.45) is 3.03. The van der Waals surface area contributed by atoms with E-state index in [1.165, 1.54) is 6.42 Å². The van der Waals surface area contributed by atoms with Gasteiger partial charge in [-0.2, -0.15) is 0 Å². The van der Waals surface area contributed by atoms with Gasteiger partial charge in [0, 0.05) is 5.02 Å². The van der Waals surface area contributed by atoms with E-state index in [1.807, 2.05) is 0 Å². The van der Waals surface area contributed by atoms with Gasteiger partial charge in [-0.3, -0.25) is 0 Å². The van der Waals surface area contributed by atoms with E-state index < -0.39 is 11.9 Å². The molecule has 5 heteroatoms. The Kier molecular flexibility index (Phi) is 6.67. The van der Waals surface area contributed by atoms with Crippen molar-refractivity contribution in [2.45, 2.75) is 46.1 Å². The number of hydrogen-bond acceptors (Lipinski definition) is 4. The Labute approximate surface area is 148 Å². The second-order valence-electron chi connectivity index (χ2n) is 6.91. The van der Waals surface area contributed by atoms with Crippen molar-refractivity contribution in [2.75, 3.05) is 6.61 Å². The van der Waals surface area contributed by atoms with Crippen molar-refractivity contribution >= 4 is 23.5 Å². The van der Waals surface area contributed by atoms with E-state index in [0.717, 1.165) is 12.8 Å². The number of rotatable bonds is 5. The fraction of sp³-hybridized carbons (Fsp3) is 0.579. The number of halogens is 1. The highest BCUT2D eigenvalue weighted by molar-refractivity contribution is 6.30. The summed E-state index contributed by atoms with van der Waals surface area (Å²) >= 11 is 5.77. The minimum Gasteiger partial charge on any atom is -0.460 e. The number of carbonyl (C=O) groups is 2. The van der Waals surface area contributed by atoms with Crippen molar-refractivity contribution in [1.82, 2.24) is 0 Å². The minimum atomic E-state index is -0.555. The van der Waals surface area contributed by atoms with Crippen LogP contribution in [0.1, 0.15) is 50.4 Å². The molecule has 0 N–H and O–H groups in total. The summed E-state index contributed by atoms with van der Waals surface area (Å²) in [4.78, 5) is 23.9. The van der Waals surface area contributed by atoms with Gasteiger partial charge in [-0.15, -0.1) is 0 Å². The average Bonchev–Trinajstić information content (AvgIpc) is 2.55. The first kappa shape index (κ1) is 18.8. The first-order valence-corrected chi connectivity index (χ1v) is 8.86. The van der Waals surface area contributed by atoms with Gasteiger partial charge in [0.25, 0.3) is 0 Å². The van der Waals surface area contributed by atoms with Crippen molar-refractivity contribution in [3.63, 3.8) is 0 Å². The maximum atomic E-state index is 12.0. The van der Waals surface area contributed by atoms with E-state index in [9.17, 15) is 9.59 Å². The van der Waals surface area contributed by atoms with Crippen LogP contribution in [0.2, 0.25) is 5.02 Å². The van der Waals surface area contributed by atoms with Crippen LogP contribution in [-0.2, 0) is 14.3 Å². The summed E-state index contributed by atoms with van der Waals surface area (Å²) in [7, 11) is 0. The van der Waals surface area contributed by atoms with Crippen molar-refractivity contribution in [3.05, 3.63) is 34.9 Å². The molecule has 1 saturated carbocycles. The molecule has 3 atom stereocenters. The molecule has 0 bridgehead atoms. The highest BCUT2D eigenvalue weighted by Crippen LogP contribution is 2.34. The molecule has 1 aliphatic carbocycles. The molecule has 0 aromatic heterocycles. The summed E-state index contributed by atoms with van der Waals surface area (Å²) in [5.74, 6) is 0.465. The van der Waals surface area contributed by atoms with E-state index in [1.54, 1.807) is 24.3 Å². The molecule has 1 aromatic carbocycles. The number of hydrogen-bond donors (Lipinski definition) is 0. The Balaban J connectivity index is 1.81. The Morgan fingerprint density at radius 2 is 1.88 bits per heavy atom. The minimum absolute atomic E-state index is 0.0899. The van der Waals surface area contributed by atoms with Crippen LogP contribution in [0.25, 0.3) is 0 Å². The second-order valence-corrected chi connectivity index (χ2v) is 7.34. The monoisotopic (exact) mass is 352 g/mol. The third kappa shape index (κ3) is 5.23. The quantitative estimate of drug-likeness (QED) is 0.732. The van der Waals surface area contributed by atoms with Gasteiger partial charge in [-0.25, -0.2) is 9.59 Å². The van der Waals surface area contributed by atoms with E-state index in [4.69, 9.17) is 21.1 Å². The first-order valence-electron chi connectivity index (χ1n) is 8.49. The molecule has 1 fully saturated rings. The molecule has 1 aromatic rings. The highest BCUT2D eigenvalue weighted by Gasteiger charge is 2.32. The molecule has 0 radical (unpaired) electrons. The van der Waals surface area contributed by atoms with Crippen LogP contribution in [0, 0.1) is 17.8 Å². The van der Waals surface area contributed by atoms with E-state index >= 15 is 0 Å². The lowest BCUT2D eigenvalue weighted by molar-refractivity contribution is -0.158. The van der Waals surface area contributed by atoms with Gasteiger partial charge in [0.05, 0.1) is 5.56 Å². The van der Waals surface area contributed by atoms with Crippen molar-refractivity contribution in [2.24, 2.45) is 17.8 Å². The summed E-state index contributed by atoms with van der Waals surface area (Å²) in [5, 5.41) is 0.539. The fourth-order valence-electron chi connectivity index (χ4n) is 3.08. The van der Waals surface area contributed by atoms with Crippen molar-refractivity contribution < 1.29 is 19.1 Å². The highest BCUT2D eigenvalue weighted by atomic mass is 35.5. The largest absolute Gasteiger partial charge is 0.460 e. The van der Waals surface area contributed by atoms with Gasteiger partial charge in [0.2, 0.25) is 0 Å². The van der Waals surface area contributed by atoms with Gasteiger partial charge in [0.1, 0.15) is 6.10 Å². The van der Waals surface area contributed by atoms with Crippen molar-refractivity contribution in [1.29, 1.82) is 0 Å². The van der Waals surface area contributed by atoms with E-state index in [-0.39, 0.29) is 12.7 Å². The van der Waals surface area contributed by atoms with Crippen LogP contribution >= 0.6 is 11.6 Å².